The molecule has 0 fully saturated rings. The Balaban J connectivity index is 3.13. The third-order valence-corrected chi connectivity index (χ3v) is 0.915. The molecule has 0 amide bonds. The Hall–Kier alpha value is -0.700. The molecule has 1 aromatic rings. The highest BCUT2D eigenvalue weighted by molar-refractivity contribution is 6.30. The van der Waals surface area contributed by atoms with Crippen molar-refractivity contribution in [1.82, 2.24) is 10.2 Å². The van der Waals surface area contributed by atoms with Gasteiger partial charge in [-0.3, -0.25) is 0 Å². The van der Waals surface area contributed by atoms with E-state index in [1.807, 2.05) is 0 Å². The van der Waals surface area contributed by atoms with E-state index in [2.05, 4.69) is 10.2 Å². The summed E-state index contributed by atoms with van der Waals surface area (Å²) >= 11 is 5.23. The van der Waals surface area contributed by atoms with Crippen molar-refractivity contribution in [2.45, 2.75) is 0 Å². The molecule has 0 aliphatic heterocycles. The molecule has 0 saturated heterocycles. The van der Waals surface area contributed by atoms with Crippen molar-refractivity contribution in [2.24, 2.45) is 0 Å². The van der Waals surface area contributed by atoms with Crippen molar-refractivity contribution in [3.8, 4) is 0 Å². The first-order valence-electron chi connectivity index (χ1n) is 1.92. The molecule has 0 aromatic carbocycles. The maximum absolute atomic E-state index is 12.1. The Morgan fingerprint density at radius 1 is 1.38 bits per heavy atom. The van der Waals surface area contributed by atoms with Crippen LogP contribution in [0, 0.1) is 5.82 Å². The number of hydrogen-bond acceptors (Lipinski definition) is 2. The van der Waals surface area contributed by atoms with Crippen LogP contribution in [0.4, 0.5) is 4.39 Å². The summed E-state index contributed by atoms with van der Waals surface area (Å²) in [7, 11) is 0. The van der Waals surface area contributed by atoms with Gasteiger partial charge in [0, 0.05) is 0 Å². The predicted octanol–water partition coefficient (Wildman–Crippen LogP) is 1.27. The number of hydrogen-bond donors (Lipinski definition) is 0. The van der Waals surface area contributed by atoms with Gasteiger partial charge in [0.1, 0.15) is 0 Å². The van der Waals surface area contributed by atoms with E-state index in [1.54, 1.807) is 0 Å². The first-order chi connectivity index (χ1) is 3.80. The fourth-order valence-electron chi connectivity index (χ4n) is 0.291. The van der Waals surface area contributed by atoms with Crippen LogP contribution in [0.25, 0.3) is 0 Å². The van der Waals surface area contributed by atoms with E-state index < -0.39 is 5.82 Å². The highest BCUT2D eigenvalue weighted by Crippen LogP contribution is 2.07. The molecule has 1 heterocycles. The highest BCUT2D eigenvalue weighted by Gasteiger charge is 1.94. The van der Waals surface area contributed by atoms with Gasteiger partial charge in [0.2, 0.25) is 0 Å². The van der Waals surface area contributed by atoms with Gasteiger partial charge in [0.05, 0.1) is 17.4 Å². The van der Waals surface area contributed by atoms with Crippen LogP contribution in [0.2, 0.25) is 5.02 Å². The van der Waals surface area contributed by atoms with Crippen LogP contribution >= 0.6 is 11.6 Å². The molecule has 0 atom stereocenters. The van der Waals surface area contributed by atoms with E-state index in [0.29, 0.717) is 0 Å². The normalized spacial score (nSPS) is 9.25. The summed E-state index contributed by atoms with van der Waals surface area (Å²) in [5, 5.41) is 6.56. The fraction of sp³-hybridized carbons (Fsp3) is 0. The minimum absolute atomic E-state index is 0.000000000000000222. The summed E-state index contributed by atoms with van der Waals surface area (Å²) in [4.78, 5) is 0. The maximum atomic E-state index is 12.1. The summed E-state index contributed by atoms with van der Waals surface area (Å²) in [5.74, 6) is -0.540. The topological polar surface area (TPSA) is 25.8 Å². The highest BCUT2D eigenvalue weighted by atomic mass is 35.5. The first-order valence-corrected chi connectivity index (χ1v) is 2.30. The molecule has 8 heavy (non-hydrogen) atoms. The van der Waals surface area contributed by atoms with Crippen LogP contribution in [0.15, 0.2) is 12.4 Å². The quantitative estimate of drug-likeness (QED) is 0.531. The lowest BCUT2D eigenvalue weighted by Gasteiger charge is -1.85. The van der Waals surface area contributed by atoms with Crippen LogP contribution in [0.1, 0.15) is 0 Å². The average Bonchev–Trinajstić information content (AvgIpc) is 1.77. The van der Waals surface area contributed by atoms with E-state index in [-0.39, 0.29) is 5.02 Å². The van der Waals surface area contributed by atoms with Crippen molar-refractivity contribution in [2.75, 3.05) is 0 Å². The molecule has 0 N–H and O–H groups in total. The molecule has 1 rings (SSSR count). The second-order valence-corrected chi connectivity index (χ2v) is 1.59. The lowest BCUT2D eigenvalue weighted by atomic mass is 10.6. The Morgan fingerprint density at radius 3 is 2.38 bits per heavy atom. The summed E-state index contributed by atoms with van der Waals surface area (Å²) in [5.41, 5.74) is 0. The van der Waals surface area contributed by atoms with E-state index in [4.69, 9.17) is 11.6 Å². The lowest BCUT2D eigenvalue weighted by molar-refractivity contribution is 0.615. The molecular weight excluding hydrogens is 131 g/mol. The molecule has 0 aliphatic carbocycles. The molecule has 0 aliphatic rings. The SMILES string of the molecule is Fc1cnncc1Cl. The van der Waals surface area contributed by atoms with Gasteiger partial charge in [-0.2, -0.15) is 10.2 Å². The second kappa shape index (κ2) is 2.05. The summed E-state index contributed by atoms with van der Waals surface area (Å²) in [6, 6.07) is 0. The number of rotatable bonds is 0. The molecule has 0 radical (unpaired) electrons. The lowest BCUT2D eigenvalue weighted by Crippen LogP contribution is -1.81. The monoisotopic (exact) mass is 132 g/mol. The van der Waals surface area contributed by atoms with E-state index >= 15 is 0 Å². The van der Waals surface area contributed by atoms with Gasteiger partial charge in [-0.15, -0.1) is 0 Å². The standard InChI is InChI=1S/C4H2ClFN2/c5-3-1-7-8-2-4(3)6/h1-2H. The molecule has 0 spiro atoms. The third kappa shape index (κ3) is 0.924. The van der Waals surface area contributed by atoms with E-state index in [0.717, 1.165) is 12.4 Å². The van der Waals surface area contributed by atoms with Crippen molar-refractivity contribution < 1.29 is 4.39 Å². The minimum atomic E-state index is -0.540. The number of halogens is 2. The van der Waals surface area contributed by atoms with Crippen LogP contribution in [0.5, 0.6) is 0 Å². The minimum Gasteiger partial charge on any atom is -0.204 e. The zero-order chi connectivity index (χ0) is 5.98. The van der Waals surface area contributed by atoms with Crippen LogP contribution in [-0.4, -0.2) is 10.2 Å². The van der Waals surface area contributed by atoms with Crippen LogP contribution < -0.4 is 0 Å². The van der Waals surface area contributed by atoms with Crippen molar-refractivity contribution in [1.29, 1.82) is 0 Å². The fourth-order valence-corrected chi connectivity index (χ4v) is 0.384. The number of aromatic nitrogens is 2. The maximum Gasteiger partial charge on any atom is 0.163 e. The molecule has 0 saturated carbocycles. The average molecular weight is 133 g/mol. The van der Waals surface area contributed by atoms with E-state index in [1.165, 1.54) is 0 Å². The van der Waals surface area contributed by atoms with Gasteiger partial charge in [-0.1, -0.05) is 11.6 Å². The molecular formula is C4H2ClFN2. The van der Waals surface area contributed by atoms with Crippen LogP contribution in [-0.2, 0) is 0 Å². The Kier molecular flexibility index (Phi) is 1.39. The van der Waals surface area contributed by atoms with Gasteiger partial charge < -0.3 is 0 Å². The second-order valence-electron chi connectivity index (χ2n) is 1.19. The van der Waals surface area contributed by atoms with Crippen molar-refractivity contribution >= 4 is 11.6 Å². The zero-order valence-corrected chi connectivity index (χ0v) is 4.56. The largest absolute Gasteiger partial charge is 0.204 e. The van der Waals surface area contributed by atoms with Gasteiger partial charge in [0.25, 0.3) is 0 Å². The van der Waals surface area contributed by atoms with E-state index in [9.17, 15) is 4.39 Å². The van der Waals surface area contributed by atoms with Gasteiger partial charge >= 0.3 is 0 Å². The predicted molar refractivity (Wildman–Crippen MR) is 27.0 cm³/mol. The Labute approximate surface area is 50.3 Å². The zero-order valence-electron chi connectivity index (χ0n) is 3.81. The summed E-state index contributed by atoms with van der Waals surface area (Å²) in [6.45, 7) is 0. The first kappa shape index (κ1) is 5.44. The Morgan fingerprint density at radius 2 is 2.00 bits per heavy atom. The van der Waals surface area contributed by atoms with Gasteiger partial charge in [-0.25, -0.2) is 4.39 Å². The molecule has 0 bridgehead atoms. The van der Waals surface area contributed by atoms with Crippen LogP contribution in [0.3, 0.4) is 0 Å². The summed E-state index contributed by atoms with van der Waals surface area (Å²) < 4.78 is 12.1. The summed E-state index contributed by atoms with van der Waals surface area (Å²) in [6.07, 6.45) is 2.11. The molecule has 4 heteroatoms. The van der Waals surface area contributed by atoms with Gasteiger partial charge in [-0.05, 0) is 0 Å². The smallest absolute Gasteiger partial charge is 0.163 e. The van der Waals surface area contributed by atoms with Crippen molar-refractivity contribution in [3.05, 3.63) is 23.2 Å². The Bertz CT molecular complexity index is 170. The molecule has 0 unspecified atom stereocenters. The number of nitrogens with zero attached hydrogens (tertiary/aromatic N) is 2. The van der Waals surface area contributed by atoms with Gasteiger partial charge in [0.15, 0.2) is 5.82 Å². The molecule has 1 aromatic heterocycles. The molecule has 42 valence electrons. The van der Waals surface area contributed by atoms with Crippen molar-refractivity contribution in [3.63, 3.8) is 0 Å². The third-order valence-electron chi connectivity index (χ3n) is 0.637. The molecule has 2 nitrogen and oxygen atoms in total.